The molecule has 60 valence electrons. The second-order valence-corrected chi connectivity index (χ2v) is 1.21. The van der Waals surface area contributed by atoms with E-state index in [1.54, 1.807) is 0 Å². The molecule has 0 aromatic carbocycles. The molecule has 0 saturated heterocycles. The molecule has 0 radical (unpaired) electrons. The monoisotopic (exact) mass is 157 g/mol. The Morgan fingerprint density at radius 2 is 1.33 bits per heavy atom. The number of nitrogens with two attached hydrogens (primary N) is 2. The molecule has 0 bridgehead atoms. The molecule has 0 aromatic rings. The van der Waals surface area contributed by atoms with E-state index in [2.05, 4.69) is 18.3 Å². The number of hydrogen-bond donors (Lipinski definition) is 3. The fourth-order valence-electron chi connectivity index (χ4n) is 0. The van der Waals surface area contributed by atoms with Gasteiger partial charge in [-0.25, -0.2) is 0 Å². The lowest BCUT2D eigenvalue weighted by Crippen LogP contribution is -2.02. The van der Waals surface area contributed by atoms with Crippen molar-refractivity contribution in [3.8, 4) is 0 Å². The topological polar surface area (TPSA) is 72.3 Å². The predicted octanol–water partition coefficient (Wildman–Crippen LogP) is 0.544. The first-order valence-corrected chi connectivity index (χ1v) is 2.13. The lowest BCUT2D eigenvalue weighted by molar-refractivity contribution is 0.399. The van der Waals surface area contributed by atoms with Crippen LogP contribution in [-0.4, -0.2) is 12.2 Å². The average Bonchev–Trinajstić information content (AvgIpc) is 1.75. The van der Waals surface area contributed by atoms with Gasteiger partial charge in [0.15, 0.2) is 0 Å². The van der Waals surface area contributed by atoms with Gasteiger partial charge in [-0.2, -0.15) is 0 Å². The molecule has 0 saturated carbocycles. The Morgan fingerprint density at radius 3 is 1.33 bits per heavy atom. The Kier molecular flexibility index (Phi) is 115. The zero-order chi connectivity index (χ0) is 7.58. The zero-order valence-corrected chi connectivity index (χ0v) is 7.03. The van der Waals surface area contributed by atoms with E-state index in [-0.39, 0.29) is 13.8 Å². The smallest absolute Gasteiger partial charge is 0.400 e. The molecule has 0 aliphatic carbocycles. The second kappa shape index (κ2) is 44.6. The van der Waals surface area contributed by atoms with E-state index in [9.17, 15) is 0 Å². The molecule has 0 amide bonds. The number of rotatable bonds is 0. The molecular weight excluding hydrogens is 140 g/mol. The Morgan fingerprint density at radius 1 is 1.33 bits per heavy atom. The van der Waals surface area contributed by atoms with Crippen molar-refractivity contribution in [1.82, 2.24) is 0 Å². The molecule has 0 spiro atoms. The normalized spacial score (nSPS) is 4.22. The van der Waals surface area contributed by atoms with Crippen molar-refractivity contribution in [2.45, 2.75) is 13.8 Å². The summed E-state index contributed by atoms with van der Waals surface area (Å²) in [5, 5.41) is 7.00. The van der Waals surface area contributed by atoms with Crippen LogP contribution < -0.4 is 11.7 Å². The molecule has 0 atom stereocenters. The van der Waals surface area contributed by atoms with Crippen LogP contribution in [0.15, 0.2) is 12.2 Å². The fourth-order valence-corrected chi connectivity index (χ4v) is 0. The first kappa shape index (κ1) is 23.1. The summed E-state index contributed by atoms with van der Waals surface area (Å²) in [7, 11) is 1.00. The quantitative estimate of drug-likeness (QED) is 0.273. The zero-order valence-electron chi connectivity index (χ0n) is 7.22. The minimum atomic E-state index is 0. The van der Waals surface area contributed by atoms with Crippen LogP contribution in [0.2, 0.25) is 0 Å². The SMILES string of the molecule is C=C(C)C.CO.Cl.NN.[H+]. The second-order valence-electron chi connectivity index (χ2n) is 1.21. The highest BCUT2D eigenvalue weighted by atomic mass is 35.5. The van der Waals surface area contributed by atoms with Gasteiger partial charge in [-0.15, -0.1) is 19.0 Å². The molecular formula is C5H18ClN2O+. The van der Waals surface area contributed by atoms with E-state index >= 15 is 0 Å². The van der Waals surface area contributed by atoms with Gasteiger partial charge >= 0.3 is 1.43 Å². The molecule has 0 aromatic heterocycles. The molecule has 0 aliphatic heterocycles. The van der Waals surface area contributed by atoms with Crippen LogP contribution >= 0.6 is 12.4 Å². The third-order valence-corrected chi connectivity index (χ3v) is 0. The van der Waals surface area contributed by atoms with Gasteiger partial charge < -0.3 is 5.11 Å². The van der Waals surface area contributed by atoms with Gasteiger partial charge in [-0.3, -0.25) is 11.7 Å². The van der Waals surface area contributed by atoms with Gasteiger partial charge in [0.05, 0.1) is 0 Å². The van der Waals surface area contributed by atoms with Crippen LogP contribution in [0.25, 0.3) is 0 Å². The minimum absolute atomic E-state index is 0. The highest BCUT2D eigenvalue weighted by Crippen LogP contribution is 1.73. The third-order valence-electron chi connectivity index (χ3n) is 0. The van der Waals surface area contributed by atoms with Crippen molar-refractivity contribution in [3.05, 3.63) is 12.2 Å². The largest absolute Gasteiger partial charge is 1.00 e. The summed E-state index contributed by atoms with van der Waals surface area (Å²) >= 11 is 0. The lowest BCUT2D eigenvalue weighted by Gasteiger charge is -1.65. The van der Waals surface area contributed by atoms with Crippen molar-refractivity contribution in [1.29, 1.82) is 0 Å². The van der Waals surface area contributed by atoms with Gasteiger partial charge in [0, 0.05) is 7.11 Å². The highest BCUT2D eigenvalue weighted by molar-refractivity contribution is 5.85. The van der Waals surface area contributed by atoms with Gasteiger partial charge in [0.25, 0.3) is 0 Å². The average molecular weight is 158 g/mol. The fraction of sp³-hybridized carbons (Fsp3) is 0.600. The Labute approximate surface area is 64.6 Å². The van der Waals surface area contributed by atoms with E-state index < -0.39 is 0 Å². The number of halogens is 1. The molecule has 4 heteroatoms. The maximum Gasteiger partial charge on any atom is 1.00 e. The van der Waals surface area contributed by atoms with E-state index in [1.807, 2.05) is 13.8 Å². The van der Waals surface area contributed by atoms with Crippen molar-refractivity contribution < 1.29 is 6.53 Å². The van der Waals surface area contributed by atoms with Crippen molar-refractivity contribution in [2.24, 2.45) is 11.7 Å². The molecule has 0 heterocycles. The summed E-state index contributed by atoms with van der Waals surface area (Å²) in [4.78, 5) is 0. The van der Waals surface area contributed by atoms with Gasteiger partial charge in [0.2, 0.25) is 0 Å². The van der Waals surface area contributed by atoms with Crippen LogP contribution in [0.3, 0.4) is 0 Å². The summed E-state index contributed by atoms with van der Waals surface area (Å²) in [5.41, 5.74) is 1.17. The Bertz CT molecular complexity index is 42.6. The predicted molar refractivity (Wildman–Crippen MR) is 45.4 cm³/mol. The number of hydrazine groups is 1. The molecule has 0 aliphatic rings. The molecule has 0 rings (SSSR count). The van der Waals surface area contributed by atoms with Crippen molar-refractivity contribution >= 4 is 12.4 Å². The summed E-state index contributed by atoms with van der Waals surface area (Å²) in [6.07, 6.45) is 0. The number of aliphatic hydroxyl groups is 1. The minimum Gasteiger partial charge on any atom is -0.400 e. The molecule has 5 N–H and O–H groups in total. The number of hydrogen-bond acceptors (Lipinski definition) is 3. The van der Waals surface area contributed by atoms with E-state index in [0.717, 1.165) is 7.11 Å². The maximum absolute atomic E-state index is 7.00. The van der Waals surface area contributed by atoms with Crippen molar-refractivity contribution in [3.63, 3.8) is 0 Å². The van der Waals surface area contributed by atoms with E-state index in [4.69, 9.17) is 5.11 Å². The molecule has 0 unspecified atom stereocenters. The standard InChI is InChI=1S/C4H8.CH4O.ClH.H4N2/c1-4(2)3;1-2;;1-2/h1H2,2-3H3;2H,1H3;1H;1-2H2/p+1. The third kappa shape index (κ3) is 34100. The molecule has 9 heavy (non-hydrogen) atoms. The summed E-state index contributed by atoms with van der Waals surface area (Å²) in [6.45, 7) is 7.50. The molecule has 0 fully saturated rings. The van der Waals surface area contributed by atoms with Crippen LogP contribution in [0.4, 0.5) is 0 Å². The lowest BCUT2D eigenvalue weighted by atomic mass is 10.4. The first-order chi connectivity index (χ1) is 3.73. The van der Waals surface area contributed by atoms with Crippen LogP contribution in [0, 0.1) is 0 Å². The number of allylic oxidation sites excluding steroid dienone is 1. The van der Waals surface area contributed by atoms with Gasteiger partial charge in [-0.05, 0) is 13.8 Å². The highest BCUT2D eigenvalue weighted by Gasteiger charge is 1.51. The Hall–Kier alpha value is -0.0900. The van der Waals surface area contributed by atoms with E-state index in [1.165, 1.54) is 5.57 Å². The van der Waals surface area contributed by atoms with Gasteiger partial charge in [0.1, 0.15) is 0 Å². The maximum atomic E-state index is 7.00. The first-order valence-electron chi connectivity index (χ1n) is 2.13. The van der Waals surface area contributed by atoms with Crippen molar-refractivity contribution in [2.75, 3.05) is 7.11 Å². The van der Waals surface area contributed by atoms with Crippen LogP contribution in [0.1, 0.15) is 15.3 Å². The summed E-state index contributed by atoms with van der Waals surface area (Å²) in [5.74, 6) is 8.00. The van der Waals surface area contributed by atoms with Crippen LogP contribution in [0.5, 0.6) is 0 Å². The molecule has 3 nitrogen and oxygen atoms in total. The van der Waals surface area contributed by atoms with Crippen LogP contribution in [-0.2, 0) is 0 Å². The summed E-state index contributed by atoms with van der Waals surface area (Å²) in [6, 6.07) is 0. The number of aliphatic hydroxyl groups excluding tert-OH is 1. The summed E-state index contributed by atoms with van der Waals surface area (Å²) < 4.78 is 0. The van der Waals surface area contributed by atoms with E-state index in [0.29, 0.717) is 0 Å². The van der Waals surface area contributed by atoms with Gasteiger partial charge in [-0.1, -0.05) is 5.57 Å². The Balaban J connectivity index is -0.0000000125.